The van der Waals surface area contributed by atoms with Gasteiger partial charge in [-0.3, -0.25) is 4.79 Å². The predicted molar refractivity (Wildman–Crippen MR) is 91.8 cm³/mol. The van der Waals surface area contributed by atoms with Crippen molar-refractivity contribution in [3.8, 4) is 17.2 Å². The summed E-state index contributed by atoms with van der Waals surface area (Å²) in [5, 5.41) is 3.94. The van der Waals surface area contributed by atoms with Gasteiger partial charge in [0.2, 0.25) is 0 Å². The smallest absolute Gasteiger partial charge is 0.280 e. The highest BCUT2D eigenvalue weighted by Crippen LogP contribution is 2.20. The summed E-state index contributed by atoms with van der Waals surface area (Å²) in [4.78, 5) is 12.0. The molecule has 0 bridgehead atoms. The van der Waals surface area contributed by atoms with Gasteiger partial charge in [0.1, 0.15) is 17.2 Å². The Morgan fingerprint density at radius 3 is 2.58 bits per heavy atom. The third-order valence-electron chi connectivity index (χ3n) is 3.24. The lowest BCUT2D eigenvalue weighted by Gasteiger charge is -2.13. The van der Waals surface area contributed by atoms with Crippen LogP contribution in [0.25, 0.3) is 0 Å². The number of methoxy groups -OCH3 is 2. The number of ether oxygens (including phenoxy) is 3. The predicted octanol–water partition coefficient (Wildman–Crippen LogP) is 2.62. The third-order valence-corrected chi connectivity index (χ3v) is 3.24. The zero-order valence-electron chi connectivity index (χ0n) is 13.9. The molecule has 0 saturated carbocycles. The third kappa shape index (κ3) is 4.74. The summed E-state index contributed by atoms with van der Waals surface area (Å²) in [7, 11) is 3.15. The molecule has 0 aliphatic heterocycles. The van der Waals surface area contributed by atoms with Gasteiger partial charge >= 0.3 is 0 Å². The fourth-order valence-electron chi connectivity index (χ4n) is 1.96. The number of hydrazone groups is 1. The number of amides is 1. The van der Waals surface area contributed by atoms with Crippen molar-refractivity contribution in [1.82, 2.24) is 5.43 Å². The monoisotopic (exact) mass is 328 g/mol. The van der Waals surface area contributed by atoms with E-state index in [9.17, 15) is 4.79 Å². The lowest BCUT2D eigenvalue weighted by atomic mass is 10.2. The van der Waals surface area contributed by atoms with Crippen LogP contribution in [0.2, 0.25) is 0 Å². The SMILES string of the molecule is COc1cccc(OC(C)C(=O)N/N=C/c2ccccc2OC)c1. The number of hydrogen-bond acceptors (Lipinski definition) is 5. The molecule has 1 atom stereocenters. The molecule has 126 valence electrons. The quantitative estimate of drug-likeness (QED) is 0.626. The van der Waals surface area contributed by atoms with E-state index in [1.807, 2.05) is 24.3 Å². The molecule has 2 aromatic carbocycles. The van der Waals surface area contributed by atoms with E-state index in [-0.39, 0.29) is 5.91 Å². The summed E-state index contributed by atoms with van der Waals surface area (Å²) in [5.41, 5.74) is 3.22. The summed E-state index contributed by atoms with van der Waals surface area (Å²) in [6, 6.07) is 14.4. The molecule has 0 fully saturated rings. The summed E-state index contributed by atoms with van der Waals surface area (Å²) >= 11 is 0. The van der Waals surface area contributed by atoms with E-state index >= 15 is 0 Å². The molecule has 6 heteroatoms. The molecule has 0 aliphatic carbocycles. The van der Waals surface area contributed by atoms with Crippen molar-refractivity contribution >= 4 is 12.1 Å². The minimum absolute atomic E-state index is 0.357. The Morgan fingerprint density at radius 1 is 1.08 bits per heavy atom. The second-order valence-corrected chi connectivity index (χ2v) is 4.92. The first-order chi connectivity index (χ1) is 11.6. The molecule has 1 N–H and O–H groups in total. The van der Waals surface area contributed by atoms with Gasteiger partial charge in [0.25, 0.3) is 5.91 Å². The van der Waals surface area contributed by atoms with Crippen LogP contribution in [-0.2, 0) is 4.79 Å². The maximum Gasteiger partial charge on any atom is 0.280 e. The van der Waals surface area contributed by atoms with E-state index < -0.39 is 6.10 Å². The van der Waals surface area contributed by atoms with Crippen molar-refractivity contribution in [3.63, 3.8) is 0 Å². The molecular weight excluding hydrogens is 308 g/mol. The van der Waals surface area contributed by atoms with Gasteiger partial charge in [-0.15, -0.1) is 0 Å². The normalized spacial score (nSPS) is 11.8. The van der Waals surface area contributed by atoms with E-state index in [0.717, 1.165) is 5.56 Å². The van der Waals surface area contributed by atoms with Crippen molar-refractivity contribution < 1.29 is 19.0 Å². The number of benzene rings is 2. The number of nitrogens with one attached hydrogen (secondary N) is 1. The highest BCUT2D eigenvalue weighted by molar-refractivity contribution is 5.86. The first kappa shape index (κ1) is 17.3. The van der Waals surface area contributed by atoms with E-state index in [1.54, 1.807) is 45.4 Å². The Labute approximate surface area is 141 Å². The summed E-state index contributed by atoms with van der Waals surface area (Å²) in [6.07, 6.45) is 0.821. The van der Waals surface area contributed by atoms with Crippen molar-refractivity contribution in [1.29, 1.82) is 0 Å². The average molecular weight is 328 g/mol. The number of nitrogens with zero attached hydrogens (tertiary/aromatic N) is 1. The Bertz CT molecular complexity index is 716. The molecule has 2 rings (SSSR count). The van der Waals surface area contributed by atoms with Gasteiger partial charge in [-0.2, -0.15) is 5.10 Å². The Kier molecular flexibility index (Phi) is 6.19. The molecule has 1 unspecified atom stereocenters. The molecular formula is C18H20N2O4. The molecule has 2 aromatic rings. The zero-order valence-corrected chi connectivity index (χ0v) is 13.9. The van der Waals surface area contributed by atoms with Crippen LogP contribution in [0.15, 0.2) is 53.6 Å². The zero-order chi connectivity index (χ0) is 17.4. The minimum atomic E-state index is -0.702. The van der Waals surface area contributed by atoms with Crippen LogP contribution in [0.5, 0.6) is 17.2 Å². The number of carbonyl (C=O) groups is 1. The van der Waals surface area contributed by atoms with Crippen molar-refractivity contribution in [2.24, 2.45) is 5.10 Å². The molecule has 1 amide bonds. The number of carbonyl (C=O) groups excluding carboxylic acids is 1. The minimum Gasteiger partial charge on any atom is -0.497 e. The standard InChI is InChI=1S/C18H20N2O4/c1-13(24-16-9-6-8-15(11-16)22-2)18(21)20-19-12-14-7-4-5-10-17(14)23-3/h4-13H,1-3H3,(H,20,21)/b19-12+. The van der Waals surface area contributed by atoms with Crippen LogP contribution in [-0.4, -0.2) is 32.4 Å². The Hall–Kier alpha value is -3.02. The second kappa shape index (κ2) is 8.57. The van der Waals surface area contributed by atoms with Crippen molar-refractivity contribution in [2.75, 3.05) is 14.2 Å². The van der Waals surface area contributed by atoms with Crippen LogP contribution >= 0.6 is 0 Å². The maximum absolute atomic E-state index is 12.0. The molecule has 0 aromatic heterocycles. The van der Waals surface area contributed by atoms with Crippen LogP contribution in [0.3, 0.4) is 0 Å². The number of rotatable bonds is 7. The van der Waals surface area contributed by atoms with Gasteiger partial charge < -0.3 is 14.2 Å². The van der Waals surface area contributed by atoms with Crippen LogP contribution in [0, 0.1) is 0 Å². The topological polar surface area (TPSA) is 69.2 Å². The van der Waals surface area contributed by atoms with Crippen LogP contribution < -0.4 is 19.6 Å². The fourth-order valence-corrected chi connectivity index (χ4v) is 1.96. The van der Waals surface area contributed by atoms with Crippen molar-refractivity contribution in [3.05, 3.63) is 54.1 Å². The van der Waals surface area contributed by atoms with E-state index in [1.165, 1.54) is 6.21 Å². The average Bonchev–Trinajstić information content (AvgIpc) is 2.62. The van der Waals surface area contributed by atoms with Gasteiger partial charge in [-0.25, -0.2) is 5.43 Å². The van der Waals surface area contributed by atoms with E-state index in [0.29, 0.717) is 17.2 Å². The maximum atomic E-state index is 12.0. The largest absolute Gasteiger partial charge is 0.497 e. The molecule has 0 spiro atoms. The van der Waals surface area contributed by atoms with Gasteiger partial charge in [0.15, 0.2) is 6.10 Å². The van der Waals surface area contributed by atoms with Crippen molar-refractivity contribution in [2.45, 2.75) is 13.0 Å². The van der Waals surface area contributed by atoms with Crippen LogP contribution in [0.4, 0.5) is 0 Å². The highest BCUT2D eigenvalue weighted by Gasteiger charge is 2.14. The van der Waals surface area contributed by atoms with Gasteiger partial charge in [-0.1, -0.05) is 18.2 Å². The molecule has 6 nitrogen and oxygen atoms in total. The van der Waals surface area contributed by atoms with E-state index in [4.69, 9.17) is 14.2 Å². The van der Waals surface area contributed by atoms with E-state index in [2.05, 4.69) is 10.5 Å². The lowest BCUT2D eigenvalue weighted by Crippen LogP contribution is -2.33. The lowest BCUT2D eigenvalue weighted by molar-refractivity contribution is -0.127. The number of para-hydroxylation sites is 1. The second-order valence-electron chi connectivity index (χ2n) is 4.92. The van der Waals surface area contributed by atoms with Crippen LogP contribution in [0.1, 0.15) is 12.5 Å². The molecule has 0 saturated heterocycles. The molecule has 0 heterocycles. The first-order valence-corrected chi connectivity index (χ1v) is 7.40. The number of hydrogen-bond donors (Lipinski definition) is 1. The molecule has 0 radical (unpaired) electrons. The molecule has 0 aliphatic rings. The van der Waals surface area contributed by atoms with Gasteiger partial charge in [0, 0.05) is 11.6 Å². The van der Waals surface area contributed by atoms with Gasteiger partial charge in [0.05, 0.1) is 20.4 Å². The summed E-state index contributed by atoms with van der Waals surface area (Å²) in [6.45, 7) is 1.65. The summed E-state index contributed by atoms with van der Waals surface area (Å²) in [5.74, 6) is 1.53. The summed E-state index contributed by atoms with van der Waals surface area (Å²) < 4.78 is 15.9. The fraction of sp³-hybridized carbons (Fsp3) is 0.222. The molecule has 24 heavy (non-hydrogen) atoms. The Morgan fingerprint density at radius 2 is 1.83 bits per heavy atom. The first-order valence-electron chi connectivity index (χ1n) is 7.40. The Balaban J connectivity index is 1.92. The van der Waals surface area contributed by atoms with Gasteiger partial charge in [-0.05, 0) is 31.2 Å². The highest BCUT2D eigenvalue weighted by atomic mass is 16.5.